The van der Waals surface area contributed by atoms with Crippen LogP contribution in [0.5, 0.6) is 5.75 Å². The minimum Gasteiger partial charge on any atom is -0.508 e. The molecule has 5 nitrogen and oxygen atoms in total. The second-order valence-electron chi connectivity index (χ2n) is 2.97. The smallest absolute Gasteiger partial charge is 0.371 e. The van der Waals surface area contributed by atoms with Crippen LogP contribution in [0.2, 0.25) is 0 Å². The molecule has 0 radical (unpaired) electrons. The summed E-state index contributed by atoms with van der Waals surface area (Å²) in [5, 5.41) is 18.3. The van der Waals surface area contributed by atoms with Crippen molar-refractivity contribution in [2.24, 2.45) is 0 Å². The summed E-state index contributed by atoms with van der Waals surface area (Å²) in [6.45, 7) is 0. The zero-order valence-corrected chi connectivity index (χ0v) is 7.43. The third-order valence-corrected chi connectivity index (χ3v) is 1.96. The van der Waals surface area contributed by atoms with Crippen molar-refractivity contribution in [1.29, 1.82) is 0 Å². The van der Waals surface area contributed by atoms with E-state index in [0.29, 0.717) is 5.39 Å². The maximum Gasteiger partial charge on any atom is 0.371 e. The number of carboxylic acids is 1. The molecule has 0 saturated heterocycles. The predicted octanol–water partition coefficient (Wildman–Crippen LogP) is 1.20. The standard InChI is InChI=1S/C10H6O5/c11-6-2-1-5-3-8(9(12)13)15-10(14)7(5)4-6/h1-4,11H,(H,12,13). The highest BCUT2D eigenvalue weighted by molar-refractivity contribution is 5.91. The summed E-state index contributed by atoms with van der Waals surface area (Å²) in [6, 6.07) is 5.28. The highest BCUT2D eigenvalue weighted by atomic mass is 16.4. The van der Waals surface area contributed by atoms with E-state index in [1.807, 2.05) is 0 Å². The Morgan fingerprint density at radius 3 is 2.67 bits per heavy atom. The van der Waals surface area contributed by atoms with Crippen LogP contribution in [0.25, 0.3) is 10.8 Å². The van der Waals surface area contributed by atoms with Gasteiger partial charge in [-0.25, -0.2) is 9.59 Å². The maximum atomic E-state index is 11.3. The average molecular weight is 206 g/mol. The van der Waals surface area contributed by atoms with Gasteiger partial charge in [0.15, 0.2) is 0 Å². The number of phenolic OH excluding ortho intramolecular Hbond substituents is 1. The molecule has 1 heterocycles. The van der Waals surface area contributed by atoms with Crippen molar-refractivity contribution in [2.45, 2.75) is 0 Å². The van der Waals surface area contributed by atoms with Gasteiger partial charge in [0.1, 0.15) is 5.75 Å². The normalized spacial score (nSPS) is 10.4. The van der Waals surface area contributed by atoms with Crippen LogP contribution in [-0.4, -0.2) is 16.2 Å². The number of benzene rings is 1. The number of aromatic carboxylic acids is 1. The van der Waals surface area contributed by atoms with Gasteiger partial charge in [-0.1, -0.05) is 6.07 Å². The fraction of sp³-hybridized carbons (Fsp3) is 0. The van der Waals surface area contributed by atoms with E-state index in [9.17, 15) is 9.59 Å². The second kappa shape index (κ2) is 3.13. The third kappa shape index (κ3) is 1.54. The maximum absolute atomic E-state index is 11.3. The summed E-state index contributed by atoms with van der Waals surface area (Å²) >= 11 is 0. The number of hydrogen-bond donors (Lipinski definition) is 2. The van der Waals surface area contributed by atoms with Gasteiger partial charge in [-0.15, -0.1) is 0 Å². The Hall–Kier alpha value is -2.30. The number of phenols is 1. The molecule has 1 aromatic heterocycles. The van der Waals surface area contributed by atoms with Gasteiger partial charge in [-0.2, -0.15) is 0 Å². The number of carboxylic acid groups (broad SMARTS) is 1. The zero-order valence-electron chi connectivity index (χ0n) is 7.43. The third-order valence-electron chi connectivity index (χ3n) is 1.96. The minimum atomic E-state index is -1.30. The van der Waals surface area contributed by atoms with E-state index in [4.69, 9.17) is 10.2 Å². The van der Waals surface area contributed by atoms with Crippen molar-refractivity contribution < 1.29 is 19.4 Å². The summed E-state index contributed by atoms with van der Waals surface area (Å²) < 4.78 is 4.54. The highest BCUT2D eigenvalue weighted by Gasteiger charge is 2.10. The Balaban J connectivity index is 2.84. The summed E-state index contributed by atoms with van der Waals surface area (Å²) in [5.41, 5.74) is -0.777. The van der Waals surface area contributed by atoms with Crippen LogP contribution in [0.15, 0.2) is 33.5 Å². The van der Waals surface area contributed by atoms with Gasteiger partial charge >= 0.3 is 11.6 Å². The lowest BCUT2D eigenvalue weighted by Gasteiger charge is -1.98. The van der Waals surface area contributed by atoms with Gasteiger partial charge in [0, 0.05) is 0 Å². The molecule has 76 valence electrons. The van der Waals surface area contributed by atoms with Crippen molar-refractivity contribution in [3.63, 3.8) is 0 Å². The van der Waals surface area contributed by atoms with Crippen LogP contribution in [0.1, 0.15) is 10.6 Å². The van der Waals surface area contributed by atoms with Crippen LogP contribution in [0.4, 0.5) is 0 Å². The molecule has 0 unspecified atom stereocenters. The largest absolute Gasteiger partial charge is 0.508 e. The van der Waals surface area contributed by atoms with Gasteiger partial charge in [-0.05, 0) is 23.6 Å². The van der Waals surface area contributed by atoms with Gasteiger partial charge in [0.2, 0.25) is 5.76 Å². The molecule has 0 fully saturated rings. The first-order valence-corrected chi connectivity index (χ1v) is 4.08. The Morgan fingerprint density at radius 2 is 2.00 bits per heavy atom. The topological polar surface area (TPSA) is 87.7 Å². The molecule has 0 aliphatic heterocycles. The molecule has 5 heteroatoms. The van der Waals surface area contributed by atoms with Crippen LogP contribution < -0.4 is 5.63 Å². The molecular weight excluding hydrogens is 200 g/mol. The fourth-order valence-corrected chi connectivity index (χ4v) is 1.28. The Bertz CT molecular complexity index is 596. The SMILES string of the molecule is O=C(O)c1cc2ccc(O)cc2c(=O)o1. The molecule has 2 aromatic rings. The van der Waals surface area contributed by atoms with Crippen molar-refractivity contribution in [3.8, 4) is 5.75 Å². The molecule has 0 aliphatic carbocycles. The van der Waals surface area contributed by atoms with Crippen molar-refractivity contribution in [2.75, 3.05) is 0 Å². The number of rotatable bonds is 1. The van der Waals surface area contributed by atoms with E-state index in [-0.39, 0.29) is 11.1 Å². The lowest BCUT2D eigenvalue weighted by molar-refractivity contribution is 0.0658. The summed E-state index contributed by atoms with van der Waals surface area (Å²) in [5.74, 6) is -1.79. The molecule has 2 N–H and O–H groups in total. The Morgan fingerprint density at radius 1 is 1.27 bits per heavy atom. The highest BCUT2D eigenvalue weighted by Crippen LogP contribution is 2.17. The Kier molecular flexibility index (Phi) is 1.93. The second-order valence-corrected chi connectivity index (χ2v) is 2.97. The lowest BCUT2D eigenvalue weighted by Crippen LogP contribution is -2.06. The van der Waals surface area contributed by atoms with E-state index in [1.165, 1.54) is 24.3 Å². The molecule has 15 heavy (non-hydrogen) atoms. The van der Waals surface area contributed by atoms with E-state index in [1.54, 1.807) is 0 Å². The van der Waals surface area contributed by atoms with Gasteiger partial charge < -0.3 is 14.6 Å². The molecule has 0 bridgehead atoms. The van der Waals surface area contributed by atoms with Gasteiger partial charge in [-0.3, -0.25) is 0 Å². The number of carbonyl (C=O) groups is 1. The fourth-order valence-electron chi connectivity index (χ4n) is 1.28. The van der Waals surface area contributed by atoms with Crippen LogP contribution >= 0.6 is 0 Å². The molecule has 0 saturated carbocycles. The first-order chi connectivity index (χ1) is 7.08. The van der Waals surface area contributed by atoms with Crippen LogP contribution in [0, 0.1) is 0 Å². The first kappa shape index (κ1) is 9.26. The predicted molar refractivity (Wildman–Crippen MR) is 51.1 cm³/mol. The summed E-state index contributed by atoms with van der Waals surface area (Å²) in [6.07, 6.45) is 0. The molecule has 0 spiro atoms. The monoisotopic (exact) mass is 206 g/mol. The molecule has 0 amide bonds. The molecule has 2 rings (SSSR count). The van der Waals surface area contributed by atoms with Crippen molar-refractivity contribution in [3.05, 3.63) is 40.4 Å². The minimum absolute atomic E-state index is 0.0714. The number of aromatic hydroxyl groups is 1. The quantitative estimate of drug-likeness (QED) is 0.731. The summed E-state index contributed by atoms with van der Waals surface area (Å²) in [7, 11) is 0. The molecule has 0 atom stereocenters. The number of hydrogen-bond acceptors (Lipinski definition) is 4. The van der Waals surface area contributed by atoms with Crippen molar-refractivity contribution in [1.82, 2.24) is 0 Å². The Labute approximate surface area is 83.2 Å². The van der Waals surface area contributed by atoms with E-state index >= 15 is 0 Å². The first-order valence-electron chi connectivity index (χ1n) is 4.08. The van der Waals surface area contributed by atoms with Crippen molar-refractivity contribution >= 4 is 16.7 Å². The molecular formula is C10H6O5. The molecule has 0 aliphatic rings. The van der Waals surface area contributed by atoms with Gasteiger partial charge in [0.05, 0.1) is 5.39 Å². The molecule has 1 aromatic carbocycles. The van der Waals surface area contributed by atoms with Crippen LogP contribution in [0.3, 0.4) is 0 Å². The van der Waals surface area contributed by atoms with E-state index < -0.39 is 17.4 Å². The summed E-state index contributed by atoms with van der Waals surface area (Å²) in [4.78, 5) is 21.9. The average Bonchev–Trinajstić information content (AvgIpc) is 2.18. The number of fused-ring (bicyclic) bond motifs is 1. The van der Waals surface area contributed by atoms with E-state index in [0.717, 1.165) is 0 Å². The lowest BCUT2D eigenvalue weighted by atomic mass is 10.1. The van der Waals surface area contributed by atoms with Crippen LogP contribution in [-0.2, 0) is 0 Å². The zero-order chi connectivity index (χ0) is 11.0. The van der Waals surface area contributed by atoms with E-state index in [2.05, 4.69) is 4.42 Å². The van der Waals surface area contributed by atoms with Gasteiger partial charge in [0.25, 0.3) is 0 Å².